The molecule has 168 valence electrons. The van der Waals surface area contributed by atoms with Gasteiger partial charge in [0.25, 0.3) is 0 Å². The molecule has 0 spiro atoms. The van der Waals surface area contributed by atoms with Gasteiger partial charge in [0.15, 0.2) is 17.7 Å². The van der Waals surface area contributed by atoms with Gasteiger partial charge in [-0.3, -0.25) is 14.4 Å². The molecule has 4 aliphatic heterocycles. The summed E-state index contributed by atoms with van der Waals surface area (Å²) in [7, 11) is 0. The maximum Gasteiger partial charge on any atom is 0.309 e. The Bertz CT molecular complexity index is 1170. The van der Waals surface area contributed by atoms with Crippen molar-refractivity contribution in [3.8, 4) is 11.5 Å². The van der Waals surface area contributed by atoms with Crippen LogP contribution in [0.4, 0.5) is 0 Å². The Morgan fingerprint density at radius 2 is 1.62 bits per heavy atom. The number of ketones is 2. The Morgan fingerprint density at radius 1 is 0.969 bits per heavy atom. The predicted molar refractivity (Wildman–Crippen MR) is 102 cm³/mol. The van der Waals surface area contributed by atoms with Crippen molar-refractivity contribution < 1.29 is 49.0 Å². The van der Waals surface area contributed by atoms with Gasteiger partial charge in [0.2, 0.25) is 0 Å². The van der Waals surface area contributed by atoms with Gasteiger partial charge in [-0.05, 0) is 13.8 Å². The highest BCUT2D eigenvalue weighted by Crippen LogP contribution is 2.57. The predicted octanol–water partition coefficient (Wildman–Crippen LogP) is 0.504. The summed E-state index contributed by atoms with van der Waals surface area (Å²) in [6.45, 7) is 3.07. The van der Waals surface area contributed by atoms with Crippen LogP contribution >= 0.6 is 0 Å². The highest BCUT2D eigenvalue weighted by atomic mass is 16.6. The van der Waals surface area contributed by atoms with Crippen LogP contribution in [0.3, 0.4) is 0 Å². The summed E-state index contributed by atoms with van der Waals surface area (Å²) in [5.74, 6) is -3.36. The Balaban J connectivity index is 1.64. The molecule has 2 fully saturated rings. The highest BCUT2D eigenvalue weighted by Gasteiger charge is 2.62. The molecule has 10 nitrogen and oxygen atoms in total. The van der Waals surface area contributed by atoms with Crippen molar-refractivity contribution in [3.05, 3.63) is 33.4 Å². The SMILES string of the molecule is CC1OC2C[C@@H](O)C1(O)C1=C2C(=O)c2c(O)c3c(c(O)c2C1=O)[C@H](C)O[C@H]1CC(=O)O[C@@H]31. The average Bonchev–Trinajstić information content (AvgIpc) is 3.09. The van der Waals surface area contributed by atoms with Crippen LogP contribution in [-0.4, -0.2) is 68.0 Å². The molecule has 7 rings (SSSR count). The quantitative estimate of drug-likeness (QED) is 0.328. The summed E-state index contributed by atoms with van der Waals surface area (Å²) in [5.41, 5.74) is -3.41. The molecule has 2 bridgehead atoms. The number of phenolic OH excluding ortho intramolecular Hbond substituents is 2. The molecule has 0 aromatic heterocycles. The number of esters is 1. The van der Waals surface area contributed by atoms with Crippen molar-refractivity contribution in [1.82, 2.24) is 0 Å². The van der Waals surface area contributed by atoms with E-state index in [9.17, 15) is 34.8 Å². The summed E-state index contributed by atoms with van der Waals surface area (Å²) < 4.78 is 16.7. The number of aliphatic hydroxyl groups excluding tert-OH is 1. The lowest BCUT2D eigenvalue weighted by Gasteiger charge is -2.52. The fourth-order valence-corrected chi connectivity index (χ4v) is 5.95. The lowest BCUT2D eigenvalue weighted by atomic mass is 9.63. The molecule has 2 aliphatic carbocycles. The van der Waals surface area contributed by atoms with Crippen molar-refractivity contribution in [2.75, 3.05) is 0 Å². The number of rotatable bonds is 0. The Labute approximate surface area is 181 Å². The van der Waals surface area contributed by atoms with E-state index >= 15 is 0 Å². The number of benzene rings is 1. The Kier molecular flexibility index (Phi) is 3.70. The number of Topliss-reactive ketones (excluding diaryl/α,β-unsaturated/α-hetero) is 2. The Morgan fingerprint density at radius 3 is 2.31 bits per heavy atom. The number of ether oxygens (including phenoxy) is 3. The first-order chi connectivity index (χ1) is 15.1. The van der Waals surface area contributed by atoms with Gasteiger partial charge in [-0.1, -0.05) is 0 Å². The zero-order chi connectivity index (χ0) is 22.9. The number of carbonyl (C=O) groups excluding carboxylic acids is 3. The second-order valence-corrected chi connectivity index (χ2v) is 9.00. The average molecular weight is 444 g/mol. The minimum absolute atomic E-state index is 0.0371. The van der Waals surface area contributed by atoms with E-state index in [1.807, 2.05) is 0 Å². The summed E-state index contributed by atoms with van der Waals surface area (Å²) in [6, 6.07) is 0. The maximum absolute atomic E-state index is 13.6. The van der Waals surface area contributed by atoms with Crippen LogP contribution in [0.1, 0.15) is 70.7 Å². The molecule has 0 amide bonds. The third-order valence-corrected chi connectivity index (χ3v) is 7.41. The molecule has 3 unspecified atom stereocenters. The van der Waals surface area contributed by atoms with Gasteiger partial charge in [0, 0.05) is 28.7 Å². The molecule has 7 atom stereocenters. The third kappa shape index (κ3) is 2.06. The van der Waals surface area contributed by atoms with Gasteiger partial charge in [-0.15, -0.1) is 0 Å². The first kappa shape index (κ1) is 19.9. The molecule has 32 heavy (non-hydrogen) atoms. The van der Waals surface area contributed by atoms with Crippen LogP contribution in [0, 0.1) is 0 Å². The number of hydrogen-bond donors (Lipinski definition) is 4. The fraction of sp³-hybridized carbons (Fsp3) is 0.500. The molecule has 4 heterocycles. The number of carbonyl (C=O) groups is 3. The molecule has 2 saturated heterocycles. The van der Waals surface area contributed by atoms with Gasteiger partial charge in [-0.25, -0.2) is 0 Å². The lowest BCUT2D eigenvalue weighted by Crippen LogP contribution is -2.66. The molecule has 1 aromatic rings. The molecule has 0 radical (unpaired) electrons. The monoisotopic (exact) mass is 444 g/mol. The largest absolute Gasteiger partial charge is 0.507 e. The number of fused-ring (bicyclic) bond motifs is 6. The second-order valence-electron chi connectivity index (χ2n) is 9.00. The van der Waals surface area contributed by atoms with Crippen LogP contribution in [0.15, 0.2) is 11.1 Å². The van der Waals surface area contributed by atoms with Gasteiger partial charge >= 0.3 is 5.97 Å². The standard InChI is InChI=1S/C22H20O10/c1-5-11-15(21-8(30-5)4-10(24)32-21)19(27)13-14(17(11)25)20(28)16-12(18(13)26)7-3-9(23)22(16,29)6(2)31-7/h5-9,21,23,25,27,29H,3-4H2,1-2H3/t5-,6?,7?,8-,9+,21+,22?/m0/s1. The zero-order valence-electron chi connectivity index (χ0n) is 17.1. The number of hydrogen-bond acceptors (Lipinski definition) is 10. The van der Waals surface area contributed by atoms with E-state index in [1.54, 1.807) is 6.92 Å². The summed E-state index contributed by atoms with van der Waals surface area (Å²) in [6.07, 6.45) is -5.97. The van der Waals surface area contributed by atoms with Crippen molar-refractivity contribution in [2.45, 2.75) is 68.9 Å². The van der Waals surface area contributed by atoms with Gasteiger partial charge in [-0.2, -0.15) is 0 Å². The van der Waals surface area contributed by atoms with Crippen LogP contribution in [0.2, 0.25) is 0 Å². The summed E-state index contributed by atoms with van der Waals surface area (Å²) in [5, 5.41) is 44.0. The van der Waals surface area contributed by atoms with E-state index in [-0.39, 0.29) is 35.1 Å². The summed E-state index contributed by atoms with van der Waals surface area (Å²) in [4.78, 5) is 39.0. The zero-order valence-corrected chi connectivity index (χ0v) is 17.1. The molecule has 6 aliphatic rings. The van der Waals surface area contributed by atoms with Gasteiger partial charge in [0.05, 0.1) is 42.0 Å². The Hall–Kier alpha value is -2.79. The smallest absolute Gasteiger partial charge is 0.309 e. The third-order valence-electron chi connectivity index (χ3n) is 7.41. The topological polar surface area (TPSA) is 160 Å². The molecular formula is C22H20O10. The maximum atomic E-state index is 13.6. The van der Waals surface area contributed by atoms with Crippen molar-refractivity contribution in [1.29, 1.82) is 0 Å². The minimum Gasteiger partial charge on any atom is -0.507 e. The first-order valence-corrected chi connectivity index (χ1v) is 10.4. The van der Waals surface area contributed by atoms with Crippen LogP contribution in [0.25, 0.3) is 0 Å². The van der Waals surface area contributed by atoms with Crippen molar-refractivity contribution in [2.24, 2.45) is 0 Å². The molecule has 10 heteroatoms. The van der Waals surface area contributed by atoms with E-state index < -0.39 is 82.4 Å². The second kappa shape index (κ2) is 5.96. The normalized spacial score (nSPS) is 39.4. The number of aliphatic hydroxyl groups is 2. The molecule has 4 N–H and O–H groups in total. The molecule has 1 aromatic carbocycles. The van der Waals surface area contributed by atoms with Crippen LogP contribution < -0.4 is 0 Å². The lowest BCUT2D eigenvalue weighted by molar-refractivity contribution is -0.207. The number of aromatic hydroxyl groups is 2. The first-order valence-electron chi connectivity index (χ1n) is 10.4. The van der Waals surface area contributed by atoms with Crippen molar-refractivity contribution in [3.63, 3.8) is 0 Å². The number of phenols is 2. The van der Waals surface area contributed by atoms with Crippen LogP contribution in [0.5, 0.6) is 11.5 Å². The molecular weight excluding hydrogens is 424 g/mol. The molecule has 0 saturated carbocycles. The van der Waals surface area contributed by atoms with E-state index in [2.05, 4.69) is 0 Å². The van der Waals surface area contributed by atoms with Gasteiger partial charge in [0.1, 0.15) is 23.2 Å². The minimum atomic E-state index is -2.14. The van der Waals surface area contributed by atoms with Gasteiger partial charge < -0.3 is 34.6 Å². The van der Waals surface area contributed by atoms with E-state index in [0.717, 1.165) is 0 Å². The fourth-order valence-electron chi connectivity index (χ4n) is 5.95. The van der Waals surface area contributed by atoms with E-state index in [0.29, 0.717) is 0 Å². The van der Waals surface area contributed by atoms with Crippen molar-refractivity contribution >= 4 is 17.5 Å². The van der Waals surface area contributed by atoms with Crippen LogP contribution in [-0.2, 0) is 19.0 Å². The van der Waals surface area contributed by atoms with E-state index in [1.165, 1.54) is 6.92 Å². The summed E-state index contributed by atoms with van der Waals surface area (Å²) >= 11 is 0. The van der Waals surface area contributed by atoms with E-state index in [4.69, 9.17) is 14.2 Å². The highest BCUT2D eigenvalue weighted by molar-refractivity contribution is 6.30.